The maximum atomic E-state index is 12.9. The first-order valence-corrected chi connectivity index (χ1v) is 9.56. The van der Waals surface area contributed by atoms with Gasteiger partial charge in [-0.1, -0.05) is 24.3 Å². The summed E-state index contributed by atoms with van der Waals surface area (Å²) in [6.07, 6.45) is -2.12. The summed E-state index contributed by atoms with van der Waals surface area (Å²) in [6.45, 7) is 0.642. The Kier molecular flexibility index (Phi) is 9.13. The minimum Gasteiger partial charge on any atom is -0.449 e. The Bertz CT molecular complexity index is 971. The lowest BCUT2D eigenvalue weighted by Gasteiger charge is -2.19. The van der Waals surface area contributed by atoms with Crippen molar-refractivity contribution in [3.63, 3.8) is 0 Å². The van der Waals surface area contributed by atoms with Crippen molar-refractivity contribution in [1.82, 2.24) is 5.32 Å². The second kappa shape index (κ2) is 12.0. The predicted molar refractivity (Wildman–Crippen MR) is 111 cm³/mol. The summed E-state index contributed by atoms with van der Waals surface area (Å²) >= 11 is 0. The van der Waals surface area contributed by atoms with Gasteiger partial charge in [0.25, 0.3) is 0 Å². The van der Waals surface area contributed by atoms with Crippen LogP contribution in [-0.2, 0) is 32.1 Å². The molecule has 0 aliphatic carbocycles. The lowest BCUT2D eigenvalue weighted by atomic mass is 10.1. The van der Waals surface area contributed by atoms with Gasteiger partial charge in [0.15, 0.2) is 12.6 Å². The number of carbonyl (C=O) groups is 3. The van der Waals surface area contributed by atoms with E-state index in [9.17, 15) is 23.9 Å². The maximum Gasteiger partial charge on any atom is 0.408 e. The molecule has 1 unspecified atom stereocenters. The number of nitrogens with one attached hydrogen (secondary N) is 2. The molecule has 0 fully saturated rings. The number of halogens is 1. The van der Waals surface area contributed by atoms with Gasteiger partial charge in [0.05, 0.1) is 12.5 Å². The van der Waals surface area contributed by atoms with Crippen molar-refractivity contribution in [2.75, 3.05) is 11.9 Å². The SMILES string of the molecule is CC(O)[C@H](NC(=O)OCc1ccc(NC(=O)Cc2ccc(F)cc2)cc1)C(=O)OCC#N. The zero-order chi connectivity index (χ0) is 23.5. The zero-order valence-electron chi connectivity index (χ0n) is 17.2. The number of hydrogen-bond donors (Lipinski definition) is 3. The van der Waals surface area contributed by atoms with E-state index in [1.165, 1.54) is 31.2 Å². The van der Waals surface area contributed by atoms with Crippen molar-refractivity contribution in [2.24, 2.45) is 0 Å². The Hall–Kier alpha value is -3.97. The van der Waals surface area contributed by atoms with Crippen molar-refractivity contribution in [3.05, 3.63) is 65.5 Å². The lowest BCUT2D eigenvalue weighted by Crippen LogP contribution is -2.48. The molecule has 168 valence electrons. The molecule has 2 amide bonds. The molecule has 0 bridgehead atoms. The number of hydrogen-bond acceptors (Lipinski definition) is 7. The first-order chi connectivity index (χ1) is 15.3. The van der Waals surface area contributed by atoms with Gasteiger partial charge in [-0.2, -0.15) is 5.26 Å². The lowest BCUT2D eigenvalue weighted by molar-refractivity contribution is -0.147. The van der Waals surface area contributed by atoms with Crippen LogP contribution in [0.2, 0.25) is 0 Å². The van der Waals surface area contributed by atoms with E-state index in [0.717, 1.165) is 0 Å². The van der Waals surface area contributed by atoms with Crippen LogP contribution in [0.25, 0.3) is 0 Å². The second-order valence-corrected chi connectivity index (χ2v) is 6.75. The van der Waals surface area contributed by atoms with Crippen LogP contribution in [0.5, 0.6) is 0 Å². The highest BCUT2D eigenvalue weighted by atomic mass is 19.1. The Labute approximate surface area is 183 Å². The number of ether oxygens (including phenoxy) is 2. The molecule has 32 heavy (non-hydrogen) atoms. The first-order valence-electron chi connectivity index (χ1n) is 9.56. The molecule has 0 aromatic heterocycles. The Morgan fingerprint density at radius 3 is 2.28 bits per heavy atom. The highest BCUT2D eigenvalue weighted by molar-refractivity contribution is 5.92. The number of aliphatic hydroxyl groups excluding tert-OH is 1. The molecule has 0 aliphatic heterocycles. The van der Waals surface area contributed by atoms with Crippen LogP contribution in [0, 0.1) is 17.1 Å². The standard InChI is InChI=1S/C22H22FN3O6/c1-14(27)20(21(29)31-11-10-24)26-22(30)32-13-16-4-8-18(9-5-16)25-19(28)12-15-2-6-17(23)7-3-15/h2-9,14,20,27H,11-13H2,1H3,(H,25,28)(H,26,30)/t14?,20-/m0/s1. The number of amides is 2. The van der Waals surface area contributed by atoms with Gasteiger partial charge in [0, 0.05) is 5.69 Å². The third kappa shape index (κ3) is 8.04. The first kappa shape index (κ1) is 24.3. The van der Waals surface area contributed by atoms with Crippen LogP contribution in [0.1, 0.15) is 18.1 Å². The number of nitriles is 1. The number of alkyl carbamates (subject to hydrolysis) is 1. The molecule has 0 spiro atoms. The summed E-state index contributed by atoms with van der Waals surface area (Å²) in [7, 11) is 0. The number of nitrogens with zero attached hydrogens (tertiary/aromatic N) is 1. The van der Waals surface area contributed by atoms with E-state index in [1.54, 1.807) is 30.3 Å². The average Bonchev–Trinajstić information content (AvgIpc) is 2.76. The van der Waals surface area contributed by atoms with E-state index >= 15 is 0 Å². The van der Waals surface area contributed by atoms with Gasteiger partial charge in [0.1, 0.15) is 18.5 Å². The molecule has 10 heteroatoms. The molecular formula is C22H22FN3O6. The molecule has 0 aliphatic rings. The summed E-state index contributed by atoms with van der Waals surface area (Å²) in [5, 5.41) is 22.9. The van der Waals surface area contributed by atoms with Gasteiger partial charge in [-0.25, -0.2) is 14.0 Å². The van der Waals surface area contributed by atoms with Crippen molar-refractivity contribution < 1.29 is 33.4 Å². The molecule has 0 heterocycles. The molecular weight excluding hydrogens is 421 g/mol. The van der Waals surface area contributed by atoms with Gasteiger partial charge < -0.3 is 25.2 Å². The molecule has 0 saturated carbocycles. The molecule has 2 rings (SSSR count). The van der Waals surface area contributed by atoms with Crippen molar-refractivity contribution in [2.45, 2.75) is 32.1 Å². The van der Waals surface area contributed by atoms with Crippen LogP contribution in [0.15, 0.2) is 48.5 Å². The Balaban J connectivity index is 1.82. The fourth-order valence-electron chi connectivity index (χ4n) is 2.56. The number of anilines is 1. The van der Waals surface area contributed by atoms with Crippen molar-refractivity contribution in [3.8, 4) is 6.07 Å². The van der Waals surface area contributed by atoms with Crippen molar-refractivity contribution in [1.29, 1.82) is 5.26 Å². The summed E-state index contributed by atoms with van der Waals surface area (Å²) in [5.74, 6) is -1.60. The smallest absolute Gasteiger partial charge is 0.408 e. The summed E-state index contributed by atoms with van der Waals surface area (Å²) in [6, 6.07) is 12.4. The van der Waals surface area contributed by atoms with Gasteiger partial charge in [-0.15, -0.1) is 0 Å². The van der Waals surface area contributed by atoms with Gasteiger partial charge >= 0.3 is 12.1 Å². The van der Waals surface area contributed by atoms with Gasteiger partial charge in [-0.05, 0) is 42.3 Å². The minimum atomic E-state index is -1.38. The zero-order valence-corrected chi connectivity index (χ0v) is 17.2. The highest BCUT2D eigenvalue weighted by Crippen LogP contribution is 2.12. The third-order valence-corrected chi connectivity index (χ3v) is 4.17. The molecule has 3 N–H and O–H groups in total. The van der Waals surface area contributed by atoms with Crippen molar-refractivity contribution >= 4 is 23.7 Å². The van der Waals surface area contributed by atoms with Gasteiger partial charge in [0.2, 0.25) is 5.91 Å². The van der Waals surface area contributed by atoms with E-state index in [1.807, 2.05) is 0 Å². The van der Waals surface area contributed by atoms with Gasteiger partial charge in [-0.3, -0.25) is 4.79 Å². The molecule has 2 aromatic carbocycles. The summed E-state index contributed by atoms with van der Waals surface area (Å²) in [5.41, 5.74) is 1.81. The van der Waals surface area contributed by atoms with E-state index in [-0.39, 0.29) is 24.8 Å². The van der Waals surface area contributed by atoms with Crippen LogP contribution in [0.4, 0.5) is 14.9 Å². The number of aliphatic hydroxyl groups is 1. The Morgan fingerprint density at radius 1 is 1.06 bits per heavy atom. The largest absolute Gasteiger partial charge is 0.449 e. The third-order valence-electron chi connectivity index (χ3n) is 4.17. The normalized spacial score (nSPS) is 12.1. The topological polar surface area (TPSA) is 138 Å². The minimum absolute atomic E-state index is 0.0898. The number of carbonyl (C=O) groups excluding carboxylic acids is 3. The molecule has 0 radical (unpaired) electrons. The predicted octanol–water partition coefficient (Wildman–Crippen LogP) is 2.05. The monoisotopic (exact) mass is 443 g/mol. The molecule has 2 atom stereocenters. The number of rotatable bonds is 9. The average molecular weight is 443 g/mol. The van der Waals surface area contributed by atoms with E-state index in [2.05, 4.69) is 15.4 Å². The van der Waals surface area contributed by atoms with E-state index < -0.39 is 30.8 Å². The number of benzene rings is 2. The fourth-order valence-corrected chi connectivity index (χ4v) is 2.56. The fraction of sp³-hybridized carbons (Fsp3) is 0.273. The van der Waals surface area contributed by atoms with Crippen LogP contribution in [0.3, 0.4) is 0 Å². The summed E-state index contributed by atoms with van der Waals surface area (Å²) in [4.78, 5) is 35.8. The van der Waals surface area contributed by atoms with E-state index in [0.29, 0.717) is 16.8 Å². The summed E-state index contributed by atoms with van der Waals surface area (Å²) < 4.78 is 22.5. The molecule has 2 aromatic rings. The highest BCUT2D eigenvalue weighted by Gasteiger charge is 2.27. The Morgan fingerprint density at radius 2 is 1.69 bits per heavy atom. The number of esters is 1. The quantitative estimate of drug-likeness (QED) is 0.504. The molecule has 0 saturated heterocycles. The molecule has 9 nitrogen and oxygen atoms in total. The van der Waals surface area contributed by atoms with E-state index in [4.69, 9.17) is 10.00 Å². The van der Waals surface area contributed by atoms with Crippen LogP contribution < -0.4 is 10.6 Å². The van der Waals surface area contributed by atoms with Crippen LogP contribution >= 0.6 is 0 Å². The maximum absolute atomic E-state index is 12.9. The second-order valence-electron chi connectivity index (χ2n) is 6.75. The van der Waals surface area contributed by atoms with Crippen LogP contribution in [-0.4, -0.2) is 41.8 Å².